The van der Waals surface area contributed by atoms with Gasteiger partial charge in [-0.15, -0.1) is 11.3 Å². The topological polar surface area (TPSA) is 62.3 Å². The highest BCUT2D eigenvalue weighted by atomic mass is 32.1. The van der Waals surface area contributed by atoms with Gasteiger partial charge in [0.2, 0.25) is 0 Å². The number of hydrogen-bond donors (Lipinski definition) is 1. The van der Waals surface area contributed by atoms with Crippen LogP contribution in [0.5, 0.6) is 0 Å². The SMILES string of the molecule is Cc1ccc(C(=O)C(=O)Nc2nc(CN3CCCCC3)cs2)cc1. The largest absolute Gasteiger partial charge is 0.298 e. The number of anilines is 1. The zero-order chi connectivity index (χ0) is 16.9. The van der Waals surface area contributed by atoms with Gasteiger partial charge in [0.25, 0.3) is 11.7 Å². The number of nitrogens with zero attached hydrogens (tertiary/aromatic N) is 2. The van der Waals surface area contributed by atoms with E-state index in [4.69, 9.17) is 0 Å². The van der Waals surface area contributed by atoms with E-state index in [-0.39, 0.29) is 0 Å². The highest BCUT2D eigenvalue weighted by Gasteiger charge is 2.18. The zero-order valence-electron chi connectivity index (χ0n) is 13.7. The predicted octanol–water partition coefficient (Wildman–Crippen LogP) is 3.26. The predicted molar refractivity (Wildman–Crippen MR) is 95.4 cm³/mol. The van der Waals surface area contributed by atoms with Gasteiger partial charge in [0.1, 0.15) is 0 Å². The summed E-state index contributed by atoms with van der Waals surface area (Å²) >= 11 is 1.36. The fourth-order valence-corrected chi connectivity index (χ4v) is 3.47. The Kier molecular flexibility index (Phi) is 5.37. The molecule has 2 heterocycles. The van der Waals surface area contributed by atoms with Gasteiger partial charge in [-0.2, -0.15) is 0 Å². The van der Waals surface area contributed by atoms with Crippen LogP contribution in [0.2, 0.25) is 0 Å². The molecule has 126 valence electrons. The lowest BCUT2D eigenvalue weighted by Crippen LogP contribution is -2.29. The van der Waals surface area contributed by atoms with Gasteiger partial charge in [0.05, 0.1) is 5.69 Å². The Morgan fingerprint density at radius 1 is 1.17 bits per heavy atom. The molecule has 1 aromatic heterocycles. The van der Waals surface area contributed by atoms with Crippen molar-refractivity contribution >= 4 is 28.2 Å². The number of piperidine rings is 1. The van der Waals surface area contributed by atoms with E-state index in [1.165, 1.54) is 30.6 Å². The highest BCUT2D eigenvalue weighted by Crippen LogP contribution is 2.19. The lowest BCUT2D eigenvalue weighted by atomic mass is 10.1. The van der Waals surface area contributed by atoms with Gasteiger partial charge in [0.15, 0.2) is 5.13 Å². The minimum absolute atomic E-state index is 0.392. The standard InChI is InChI=1S/C18H21N3O2S/c1-13-5-7-14(8-6-13)16(22)17(23)20-18-19-15(12-24-18)11-21-9-3-2-4-10-21/h5-8,12H,2-4,9-11H2,1H3,(H,19,20,23). The molecule has 0 radical (unpaired) electrons. The van der Waals surface area contributed by atoms with E-state index < -0.39 is 11.7 Å². The number of thiazole rings is 1. The van der Waals surface area contributed by atoms with Gasteiger partial charge in [-0.3, -0.25) is 19.8 Å². The molecule has 1 amide bonds. The minimum Gasteiger partial charge on any atom is -0.297 e. The van der Waals surface area contributed by atoms with Crippen LogP contribution in [0, 0.1) is 6.92 Å². The Hall–Kier alpha value is -2.05. The van der Waals surface area contributed by atoms with Crippen LogP contribution in [0.15, 0.2) is 29.6 Å². The number of carbonyl (C=O) groups is 2. The molecule has 1 aliphatic heterocycles. The molecule has 1 aliphatic rings. The summed E-state index contributed by atoms with van der Waals surface area (Å²) in [6, 6.07) is 6.98. The summed E-state index contributed by atoms with van der Waals surface area (Å²) in [7, 11) is 0. The number of benzene rings is 1. The molecule has 0 unspecified atom stereocenters. The van der Waals surface area contributed by atoms with Crippen molar-refractivity contribution in [2.24, 2.45) is 0 Å². The second-order valence-electron chi connectivity index (χ2n) is 6.13. The monoisotopic (exact) mass is 343 g/mol. The average Bonchev–Trinajstić information content (AvgIpc) is 3.02. The summed E-state index contributed by atoms with van der Waals surface area (Å²) in [5, 5.41) is 5.04. The fourth-order valence-electron chi connectivity index (χ4n) is 2.77. The Bertz CT molecular complexity index is 718. The van der Waals surface area contributed by atoms with Crippen molar-refractivity contribution in [2.75, 3.05) is 18.4 Å². The fraction of sp³-hybridized carbons (Fsp3) is 0.389. The Morgan fingerprint density at radius 3 is 2.58 bits per heavy atom. The van der Waals surface area contributed by atoms with Crippen LogP contribution in [0.1, 0.15) is 40.9 Å². The van der Waals surface area contributed by atoms with Crippen molar-refractivity contribution in [3.63, 3.8) is 0 Å². The quantitative estimate of drug-likeness (QED) is 0.669. The molecule has 0 spiro atoms. The van der Waals surface area contributed by atoms with Gasteiger partial charge in [-0.1, -0.05) is 36.2 Å². The molecule has 3 rings (SSSR count). The Balaban J connectivity index is 1.58. The second-order valence-corrected chi connectivity index (χ2v) is 6.99. The number of aromatic nitrogens is 1. The van der Waals surface area contributed by atoms with E-state index in [1.807, 2.05) is 24.4 Å². The summed E-state index contributed by atoms with van der Waals surface area (Å²) in [5.41, 5.74) is 2.39. The van der Waals surface area contributed by atoms with E-state index in [0.29, 0.717) is 10.7 Å². The lowest BCUT2D eigenvalue weighted by Gasteiger charge is -2.25. The number of aryl methyl sites for hydroxylation is 1. The van der Waals surface area contributed by atoms with Crippen LogP contribution in [0.25, 0.3) is 0 Å². The summed E-state index contributed by atoms with van der Waals surface area (Å²) in [6.07, 6.45) is 3.77. The molecule has 5 nitrogen and oxygen atoms in total. The zero-order valence-corrected chi connectivity index (χ0v) is 14.6. The first-order chi connectivity index (χ1) is 11.6. The molecule has 1 fully saturated rings. The molecule has 0 atom stereocenters. The van der Waals surface area contributed by atoms with Crippen LogP contribution in [-0.4, -0.2) is 34.7 Å². The molecule has 2 aromatic rings. The van der Waals surface area contributed by atoms with Crippen LogP contribution in [0.3, 0.4) is 0 Å². The van der Waals surface area contributed by atoms with Gasteiger partial charge >= 0.3 is 0 Å². The molecule has 24 heavy (non-hydrogen) atoms. The smallest absolute Gasteiger partial charge is 0.297 e. The third-order valence-electron chi connectivity index (χ3n) is 4.13. The molecular weight excluding hydrogens is 322 g/mol. The average molecular weight is 343 g/mol. The number of ketones is 1. The highest BCUT2D eigenvalue weighted by molar-refractivity contribution is 7.14. The maximum absolute atomic E-state index is 12.1. The molecule has 6 heteroatoms. The van der Waals surface area contributed by atoms with Crippen LogP contribution >= 0.6 is 11.3 Å². The van der Waals surface area contributed by atoms with Crippen LogP contribution in [-0.2, 0) is 11.3 Å². The maximum Gasteiger partial charge on any atom is 0.298 e. The number of hydrogen-bond acceptors (Lipinski definition) is 5. The van der Waals surface area contributed by atoms with Crippen molar-refractivity contribution in [2.45, 2.75) is 32.7 Å². The van der Waals surface area contributed by atoms with E-state index >= 15 is 0 Å². The molecule has 0 aliphatic carbocycles. The van der Waals surface area contributed by atoms with Crippen LogP contribution in [0.4, 0.5) is 5.13 Å². The summed E-state index contributed by atoms with van der Waals surface area (Å²) < 4.78 is 0. The summed E-state index contributed by atoms with van der Waals surface area (Å²) in [4.78, 5) is 31.0. The van der Waals surface area contributed by atoms with Gasteiger partial charge in [-0.05, 0) is 32.9 Å². The summed E-state index contributed by atoms with van der Waals surface area (Å²) in [5.74, 6) is -1.18. The lowest BCUT2D eigenvalue weighted by molar-refractivity contribution is -0.112. The number of nitrogens with one attached hydrogen (secondary N) is 1. The number of rotatable bonds is 5. The van der Waals surface area contributed by atoms with Crippen LogP contribution < -0.4 is 5.32 Å². The Labute approximate surface area is 145 Å². The van der Waals surface area contributed by atoms with Crippen molar-refractivity contribution in [3.8, 4) is 0 Å². The van der Waals surface area contributed by atoms with Gasteiger partial charge in [-0.25, -0.2) is 4.98 Å². The van der Waals surface area contributed by atoms with Crippen molar-refractivity contribution in [3.05, 3.63) is 46.5 Å². The van der Waals surface area contributed by atoms with Gasteiger partial charge < -0.3 is 0 Å². The van der Waals surface area contributed by atoms with E-state index in [1.54, 1.807) is 12.1 Å². The number of Topliss-reactive ketones (excluding diaryl/α,β-unsaturated/α-hetero) is 1. The number of amides is 1. The van der Waals surface area contributed by atoms with Crippen molar-refractivity contribution < 1.29 is 9.59 Å². The molecule has 0 saturated carbocycles. The van der Waals surface area contributed by atoms with E-state index in [2.05, 4.69) is 15.2 Å². The first-order valence-electron chi connectivity index (χ1n) is 8.21. The first kappa shape index (κ1) is 16.8. The van der Waals surface area contributed by atoms with Gasteiger partial charge in [0, 0.05) is 17.5 Å². The van der Waals surface area contributed by atoms with Crippen molar-refractivity contribution in [1.82, 2.24) is 9.88 Å². The normalized spacial score (nSPS) is 15.2. The first-order valence-corrected chi connectivity index (χ1v) is 9.09. The maximum atomic E-state index is 12.1. The molecule has 1 N–H and O–H groups in total. The van der Waals surface area contributed by atoms with Crippen molar-refractivity contribution in [1.29, 1.82) is 0 Å². The number of likely N-dealkylation sites (tertiary alicyclic amines) is 1. The number of carbonyl (C=O) groups excluding carboxylic acids is 2. The summed E-state index contributed by atoms with van der Waals surface area (Å²) in [6.45, 7) is 4.95. The third kappa shape index (κ3) is 4.27. The third-order valence-corrected chi connectivity index (χ3v) is 4.93. The van der Waals surface area contributed by atoms with E-state index in [9.17, 15) is 9.59 Å². The molecule has 1 saturated heterocycles. The second kappa shape index (κ2) is 7.68. The molecule has 1 aromatic carbocycles. The molecule has 0 bridgehead atoms. The minimum atomic E-state index is -0.641. The van der Waals surface area contributed by atoms with E-state index in [0.717, 1.165) is 30.9 Å². The Morgan fingerprint density at radius 2 is 1.88 bits per heavy atom. The molecular formula is C18H21N3O2S.